The smallest absolute Gasteiger partial charge is 0.404 e. The number of halogens is 1. The van der Waals surface area contributed by atoms with Crippen molar-refractivity contribution >= 4 is 23.4 Å². The average Bonchev–Trinajstić information content (AvgIpc) is 2.07. The number of hydrogen-bond donors (Lipinski definition) is 3. The number of hydrogen-bond acceptors (Lipinski definition) is 2. The molecular weight excluding hydrogens is 192 g/mol. The summed E-state index contributed by atoms with van der Waals surface area (Å²) in [5.74, 6) is 0. The van der Waals surface area contributed by atoms with Gasteiger partial charge in [-0.1, -0.05) is 17.7 Å². The summed E-state index contributed by atoms with van der Waals surface area (Å²) in [7, 11) is 0. The SMILES string of the molecule is Nc1cc(CNC(=O)O)ccc1Cl. The molecule has 4 nitrogen and oxygen atoms in total. The van der Waals surface area contributed by atoms with Crippen LogP contribution in [0.15, 0.2) is 18.2 Å². The van der Waals surface area contributed by atoms with Crippen LogP contribution in [0.1, 0.15) is 5.56 Å². The Morgan fingerprint density at radius 2 is 2.31 bits per heavy atom. The van der Waals surface area contributed by atoms with Gasteiger partial charge in [-0.2, -0.15) is 0 Å². The number of amides is 1. The van der Waals surface area contributed by atoms with Gasteiger partial charge in [0.05, 0.1) is 10.7 Å². The van der Waals surface area contributed by atoms with E-state index in [-0.39, 0.29) is 6.54 Å². The van der Waals surface area contributed by atoms with Gasteiger partial charge in [0, 0.05) is 6.54 Å². The van der Waals surface area contributed by atoms with Crippen LogP contribution in [0.4, 0.5) is 10.5 Å². The van der Waals surface area contributed by atoms with Crippen molar-refractivity contribution in [2.24, 2.45) is 0 Å². The predicted octanol–water partition coefficient (Wildman–Crippen LogP) is 1.69. The molecular formula is C8H9ClN2O2. The first-order valence-electron chi connectivity index (χ1n) is 3.60. The van der Waals surface area contributed by atoms with Crippen LogP contribution in [0, 0.1) is 0 Å². The molecule has 0 aliphatic heterocycles. The van der Waals surface area contributed by atoms with Crippen LogP contribution in [-0.2, 0) is 6.54 Å². The van der Waals surface area contributed by atoms with E-state index in [1.165, 1.54) is 0 Å². The van der Waals surface area contributed by atoms with E-state index in [9.17, 15) is 4.79 Å². The van der Waals surface area contributed by atoms with Gasteiger partial charge in [0.15, 0.2) is 0 Å². The van der Waals surface area contributed by atoms with E-state index in [0.717, 1.165) is 5.56 Å². The maximum atomic E-state index is 10.2. The van der Waals surface area contributed by atoms with Crippen LogP contribution in [0.25, 0.3) is 0 Å². The highest BCUT2D eigenvalue weighted by Crippen LogP contribution is 2.19. The maximum absolute atomic E-state index is 10.2. The molecule has 0 aromatic heterocycles. The third kappa shape index (κ3) is 2.83. The first-order chi connectivity index (χ1) is 6.09. The molecule has 0 saturated heterocycles. The van der Waals surface area contributed by atoms with E-state index in [0.29, 0.717) is 10.7 Å². The van der Waals surface area contributed by atoms with E-state index in [1.54, 1.807) is 18.2 Å². The molecule has 1 amide bonds. The number of carboxylic acid groups (broad SMARTS) is 1. The lowest BCUT2D eigenvalue weighted by Crippen LogP contribution is -2.19. The summed E-state index contributed by atoms with van der Waals surface area (Å²) in [4.78, 5) is 10.2. The van der Waals surface area contributed by atoms with E-state index in [1.807, 2.05) is 0 Å². The topological polar surface area (TPSA) is 75.3 Å². The van der Waals surface area contributed by atoms with Crippen molar-refractivity contribution in [1.29, 1.82) is 0 Å². The van der Waals surface area contributed by atoms with E-state index in [2.05, 4.69) is 5.32 Å². The van der Waals surface area contributed by atoms with Gasteiger partial charge in [0.2, 0.25) is 0 Å². The minimum absolute atomic E-state index is 0.233. The van der Waals surface area contributed by atoms with Gasteiger partial charge in [-0.25, -0.2) is 4.79 Å². The second kappa shape index (κ2) is 4.00. The standard InChI is InChI=1S/C8H9ClN2O2/c9-6-2-1-5(3-7(6)10)4-11-8(12)13/h1-3,11H,4,10H2,(H,12,13). The Bertz CT molecular complexity index is 328. The summed E-state index contributed by atoms with van der Waals surface area (Å²) in [6, 6.07) is 4.99. The number of nitrogens with two attached hydrogens (primary N) is 1. The van der Waals surface area contributed by atoms with Crippen molar-refractivity contribution < 1.29 is 9.90 Å². The third-order valence-electron chi connectivity index (χ3n) is 1.50. The zero-order valence-corrected chi connectivity index (χ0v) is 7.51. The first-order valence-corrected chi connectivity index (χ1v) is 3.98. The Balaban J connectivity index is 2.68. The van der Waals surface area contributed by atoms with Gasteiger partial charge in [0.1, 0.15) is 0 Å². The highest BCUT2D eigenvalue weighted by Gasteiger charge is 1.99. The molecule has 0 spiro atoms. The van der Waals surface area contributed by atoms with Crippen molar-refractivity contribution in [3.63, 3.8) is 0 Å². The molecule has 13 heavy (non-hydrogen) atoms. The normalized spacial score (nSPS) is 9.62. The zero-order chi connectivity index (χ0) is 9.84. The van der Waals surface area contributed by atoms with Crippen molar-refractivity contribution in [1.82, 2.24) is 5.32 Å². The summed E-state index contributed by atoms with van der Waals surface area (Å²) in [5, 5.41) is 11.0. The second-order valence-corrected chi connectivity index (χ2v) is 2.92. The van der Waals surface area contributed by atoms with E-state index in [4.69, 9.17) is 22.4 Å². The van der Waals surface area contributed by atoms with E-state index < -0.39 is 6.09 Å². The number of benzene rings is 1. The fourth-order valence-corrected chi connectivity index (χ4v) is 0.998. The Morgan fingerprint density at radius 3 is 2.85 bits per heavy atom. The molecule has 0 heterocycles. The zero-order valence-electron chi connectivity index (χ0n) is 6.75. The van der Waals surface area contributed by atoms with Crippen molar-refractivity contribution in [3.05, 3.63) is 28.8 Å². The summed E-state index contributed by atoms with van der Waals surface area (Å²) in [6.45, 7) is 0.233. The molecule has 0 fully saturated rings. The Labute approximate surface area is 80.3 Å². The van der Waals surface area contributed by atoms with Crippen molar-refractivity contribution in [2.45, 2.75) is 6.54 Å². The van der Waals surface area contributed by atoms with Gasteiger partial charge < -0.3 is 16.2 Å². The molecule has 0 bridgehead atoms. The van der Waals surface area contributed by atoms with Crippen LogP contribution < -0.4 is 11.1 Å². The quantitative estimate of drug-likeness (QED) is 0.636. The molecule has 1 rings (SSSR count). The summed E-state index contributed by atoms with van der Waals surface area (Å²) >= 11 is 5.68. The molecule has 0 radical (unpaired) electrons. The lowest BCUT2D eigenvalue weighted by Gasteiger charge is -2.03. The number of rotatable bonds is 2. The van der Waals surface area contributed by atoms with Gasteiger partial charge in [0.25, 0.3) is 0 Å². The maximum Gasteiger partial charge on any atom is 0.404 e. The molecule has 0 unspecified atom stereocenters. The number of carbonyl (C=O) groups is 1. The largest absolute Gasteiger partial charge is 0.465 e. The Kier molecular flexibility index (Phi) is 2.97. The van der Waals surface area contributed by atoms with Gasteiger partial charge in [-0.05, 0) is 17.7 Å². The summed E-state index contributed by atoms with van der Waals surface area (Å²) in [5.41, 5.74) is 6.75. The minimum Gasteiger partial charge on any atom is -0.465 e. The molecule has 4 N–H and O–H groups in total. The molecule has 1 aromatic rings. The van der Waals surface area contributed by atoms with Gasteiger partial charge >= 0.3 is 6.09 Å². The van der Waals surface area contributed by atoms with Gasteiger partial charge in [-0.3, -0.25) is 0 Å². The molecule has 0 aliphatic rings. The molecule has 0 saturated carbocycles. The Hall–Kier alpha value is -1.42. The van der Waals surface area contributed by atoms with Crippen molar-refractivity contribution in [2.75, 3.05) is 5.73 Å². The number of nitrogen functional groups attached to an aromatic ring is 1. The van der Waals surface area contributed by atoms with Crippen molar-refractivity contribution in [3.8, 4) is 0 Å². The lowest BCUT2D eigenvalue weighted by molar-refractivity contribution is 0.194. The molecule has 0 aliphatic carbocycles. The molecule has 70 valence electrons. The fraction of sp³-hybridized carbons (Fsp3) is 0.125. The lowest BCUT2D eigenvalue weighted by atomic mass is 10.2. The molecule has 0 atom stereocenters. The van der Waals surface area contributed by atoms with Crippen LogP contribution in [0.5, 0.6) is 0 Å². The minimum atomic E-state index is -1.06. The van der Waals surface area contributed by atoms with Gasteiger partial charge in [-0.15, -0.1) is 0 Å². The number of nitrogens with one attached hydrogen (secondary N) is 1. The highest BCUT2D eigenvalue weighted by atomic mass is 35.5. The first kappa shape index (κ1) is 9.67. The van der Waals surface area contributed by atoms with Crippen LogP contribution in [-0.4, -0.2) is 11.2 Å². The van der Waals surface area contributed by atoms with Crippen LogP contribution >= 0.6 is 11.6 Å². The summed E-state index contributed by atoms with van der Waals surface area (Å²) in [6.07, 6.45) is -1.06. The molecule has 1 aromatic carbocycles. The second-order valence-electron chi connectivity index (χ2n) is 2.51. The van der Waals surface area contributed by atoms with Crippen LogP contribution in [0.3, 0.4) is 0 Å². The molecule has 5 heteroatoms. The monoisotopic (exact) mass is 200 g/mol. The summed E-state index contributed by atoms with van der Waals surface area (Å²) < 4.78 is 0. The fourth-order valence-electron chi connectivity index (χ4n) is 0.881. The third-order valence-corrected chi connectivity index (χ3v) is 1.85. The predicted molar refractivity (Wildman–Crippen MR) is 50.7 cm³/mol. The van der Waals surface area contributed by atoms with Crippen LogP contribution in [0.2, 0.25) is 5.02 Å². The van der Waals surface area contributed by atoms with E-state index >= 15 is 0 Å². The number of anilines is 1. The average molecular weight is 201 g/mol. The Morgan fingerprint density at radius 1 is 1.62 bits per heavy atom. The highest BCUT2D eigenvalue weighted by molar-refractivity contribution is 6.33.